The molecule has 3 aromatic rings. The minimum Gasteiger partial charge on any atom is -0.361 e. The first-order chi connectivity index (χ1) is 11.9. The average Bonchev–Trinajstić information content (AvgIpc) is 3.07. The number of hydrogen-bond acceptors (Lipinski definition) is 1. The van der Waals surface area contributed by atoms with Crippen molar-refractivity contribution < 1.29 is 0 Å². The molecule has 2 aromatic carbocycles. The molecule has 132 valence electrons. The van der Waals surface area contributed by atoms with Crippen LogP contribution in [0.5, 0.6) is 0 Å². The van der Waals surface area contributed by atoms with Crippen LogP contribution in [0.3, 0.4) is 0 Å². The summed E-state index contributed by atoms with van der Waals surface area (Å²) in [4.78, 5) is 6.08. The average molecular weight is 355 g/mol. The summed E-state index contributed by atoms with van der Waals surface area (Å²) >= 11 is 0. The van der Waals surface area contributed by atoms with Crippen molar-refractivity contribution >= 4 is 23.3 Å². The maximum atomic E-state index is 3.44. The first kappa shape index (κ1) is 18.0. The van der Waals surface area contributed by atoms with Gasteiger partial charge in [0.05, 0.1) is 0 Å². The molecule has 0 radical (unpaired) electrons. The lowest BCUT2D eigenvalue weighted by Crippen LogP contribution is -2.33. The summed E-state index contributed by atoms with van der Waals surface area (Å²) in [7, 11) is 0. The van der Waals surface area contributed by atoms with Gasteiger partial charge in [0.2, 0.25) is 0 Å². The Hall–Kier alpha value is -1.77. The van der Waals surface area contributed by atoms with E-state index < -0.39 is 0 Å². The Morgan fingerprint density at radius 1 is 0.920 bits per heavy atom. The summed E-state index contributed by atoms with van der Waals surface area (Å²) in [5.74, 6) is 0.714. The normalized spacial score (nSPS) is 16.0. The number of likely N-dealkylation sites (tertiary alicyclic amines) is 1. The second-order valence-corrected chi connectivity index (χ2v) is 6.99. The molecule has 2 nitrogen and oxygen atoms in total. The zero-order valence-corrected chi connectivity index (χ0v) is 15.5. The molecule has 1 N–H and O–H groups in total. The minimum absolute atomic E-state index is 0. The number of benzene rings is 2. The van der Waals surface area contributed by atoms with Gasteiger partial charge in [-0.15, -0.1) is 12.4 Å². The van der Waals surface area contributed by atoms with E-state index >= 15 is 0 Å². The molecule has 0 spiro atoms. The number of hydrogen-bond donors (Lipinski definition) is 1. The Kier molecular flexibility index (Phi) is 6.17. The van der Waals surface area contributed by atoms with Crippen molar-refractivity contribution in [2.75, 3.05) is 19.6 Å². The first-order valence-electron chi connectivity index (χ1n) is 9.22. The molecule has 1 saturated heterocycles. The number of aromatic amines is 1. The third-order valence-corrected chi connectivity index (χ3v) is 5.43. The minimum atomic E-state index is 0. The molecule has 0 amide bonds. The number of aromatic nitrogens is 1. The first-order valence-corrected chi connectivity index (χ1v) is 9.22. The second-order valence-electron chi connectivity index (χ2n) is 6.99. The van der Waals surface area contributed by atoms with E-state index in [1.807, 2.05) is 0 Å². The van der Waals surface area contributed by atoms with Gasteiger partial charge in [0.1, 0.15) is 0 Å². The van der Waals surface area contributed by atoms with Gasteiger partial charge < -0.3 is 9.88 Å². The highest BCUT2D eigenvalue weighted by molar-refractivity contribution is 5.85. The lowest BCUT2D eigenvalue weighted by Gasteiger charge is -2.32. The highest BCUT2D eigenvalue weighted by atomic mass is 35.5. The molecule has 1 aromatic heterocycles. The smallest absolute Gasteiger partial charge is 0.0456 e. The predicted octanol–water partition coefficient (Wildman–Crippen LogP) is 5.40. The van der Waals surface area contributed by atoms with E-state index in [1.54, 1.807) is 0 Å². The molecule has 1 fully saturated rings. The number of aryl methyl sites for hydroxylation is 1. The van der Waals surface area contributed by atoms with Crippen molar-refractivity contribution in [2.24, 2.45) is 0 Å². The largest absolute Gasteiger partial charge is 0.361 e. The van der Waals surface area contributed by atoms with Crippen LogP contribution in [0.4, 0.5) is 0 Å². The van der Waals surface area contributed by atoms with Crippen molar-refractivity contribution in [3.8, 4) is 0 Å². The van der Waals surface area contributed by atoms with Crippen LogP contribution in [0.2, 0.25) is 0 Å². The van der Waals surface area contributed by atoms with E-state index in [-0.39, 0.29) is 12.4 Å². The lowest BCUT2D eigenvalue weighted by molar-refractivity contribution is 0.211. The van der Waals surface area contributed by atoms with Crippen LogP contribution < -0.4 is 0 Å². The standard InChI is InChI=1S/C22H26N2.ClH/c1-2-7-18(8-3-1)9-6-14-24-15-12-19(13-16-24)21-17-23-22-11-5-4-10-20(21)22;/h1-5,7-8,10-11,17,19,23H,6,9,12-16H2;1H. The van der Waals surface area contributed by atoms with Crippen molar-refractivity contribution in [1.29, 1.82) is 0 Å². The summed E-state index contributed by atoms with van der Waals surface area (Å²) in [5, 5.41) is 1.42. The van der Waals surface area contributed by atoms with Crippen molar-refractivity contribution in [3.05, 3.63) is 71.9 Å². The molecule has 3 heteroatoms. The molecular formula is C22H27ClN2. The van der Waals surface area contributed by atoms with E-state index in [4.69, 9.17) is 0 Å². The number of H-pyrrole nitrogens is 1. The van der Waals surface area contributed by atoms with Crippen LogP contribution in [0.25, 0.3) is 10.9 Å². The van der Waals surface area contributed by atoms with Crippen molar-refractivity contribution in [2.45, 2.75) is 31.6 Å². The molecule has 1 aliphatic heterocycles. The Labute approximate surface area is 156 Å². The van der Waals surface area contributed by atoms with Crippen LogP contribution in [0, 0.1) is 0 Å². The number of fused-ring (bicyclic) bond motifs is 1. The molecule has 25 heavy (non-hydrogen) atoms. The number of nitrogens with one attached hydrogen (secondary N) is 1. The quantitative estimate of drug-likeness (QED) is 0.649. The number of halogens is 1. The summed E-state index contributed by atoms with van der Waals surface area (Å²) < 4.78 is 0. The number of rotatable bonds is 5. The molecule has 0 bridgehead atoms. The van der Waals surface area contributed by atoms with E-state index in [1.165, 1.54) is 67.3 Å². The lowest BCUT2D eigenvalue weighted by atomic mass is 9.89. The van der Waals surface area contributed by atoms with Gasteiger partial charge in [-0.3, -0.25) is 0 Å². The van der Waals surface area contributed by atoms with Gasteiger partial charge in [-0.2, -0.15) is 0 Å². The van der Waals surface area contributed by atoms with Crippen LogP contribution in [0.1, 0.15) is 36.3 Å². The molecule has 0 unspecified atom stereocenters. The number of para-hydroxylation sites is 1. The zero-order valence-electron chi connectivity index (χ0n) is 14.7. The summed E-state index contributed by atoms with van der Waals surface area (Å²) in [6.07, 6.45) is 7.27. The third kappa shape index (κ3) is 4.26. The second kappa shape index (κ2) is 8.55. The number of piperidine rings is 1. The van der Waals surface area contributed by atoms with Crippen molar-refractivity contribution in [1.82, 2.24) is 9.88 Å². The van der Waals surface area contributed by atoms with Gasteiger partial charge in [-0.1, -0.05) is 48.5 Å². The van der Waals surface area contributed by atoms with Crippen LogP contribution in [-0.4, -0.2) is 29.5 Å². The topological polar surface area (TPSA) is 19.0 Å². The van der Waals surface area contributed by atoms with Gasteiger partial charge in [0.25, 0.3) is 0 Å². The van der Waals surface area contributed by atoms with Gasteiger partial charge in [0, 0.05) is 17.1 Å². The van der Waals surface area contributed by atoms with E-state index in [2.05, 4.69) is 70.7 Å². The van der Waals surface area contributed by atoms with Gasteiger partial charge in [0.15, 0.2) is 0 Å². The summed E-state index contributed by atoms with van der Waals surface area (Å²) in [5.41, 5.74) is 4.26. The fourth-order valence-corrected chi connectivity index (χ4v) is 4.05. The van der Waals surface area contributed by atoms with Crippen molar-refractivity contribution in [3.63, 3.8) is 0 Å². The molecule has 0 saturated carbocycles. The molecule has 4 rings (SSSR count). The Balaban J connectivity index is 0.00000182. The Bertz CT molecular complexity index is 773. The van der Waals surface area contributed by atoms with Crippen LogP contribution in [0.15, 0.2) is 60.8 Å². The Morgan fingerprint density at radius 3 is 2.44 bits per heavy atom. The maximum absolute atomic E-state index is 3.44. The third-order valence-electron chi connectivity index (χ3n) is 5.43. The molecule has 2 heterocycles. The summed E-state index contributed by atoms with van der Waals surface area (Å²) in [6, 6.07) is 19.6. The molecule has 0 atom stereocenters. The monoisotopic (exact) mass is 354 g/mol. The molecular weight excluding hydrogens is 328 g/mol. The fraction of sp³-hybridized carbons (Fsp3) is 0.364. The SMILES string of the molecule is Cl.c1ccc(CCCN2CCC(c3c[nH]c4ccccc34)CC2)cc1. The zero-order chi connectivity index (χ0) is 16.2. The maximum Gasteiger partial charge on any atom is 0.0456 e. The Morgan fingerprint density at radius 2 is 1.64 bits per heavy atom. The number of nitrogens with zero attached hydrogens (tertiary/aromatic N) is 1. The van der Waals surface area contributed by atoms with E-state index in [0.717, 1.165) is 0 Å². The van der Waals surface area contributed by atoms with E-state index in [0.29, 0.717) is 5.92 Å². The van der Waals surface area contributed by atoms with Crippen LogP contribution in [-0.2, 0) is 6.42 Å². The summed E-state index contributed by atoms with van der Waals surface area (Å²) in [6.45, 7) is 3.70. The van der Waals surface area contributed by atoms with Gasteiger partial charge in [-0.05, 0) is 68.4 Å². The molecule has 1 aliphatic rings. The fourth-order valence-electron chi connectivity index (χ4n) is 4.05. The van der Waals surface area contributed by atoms with Gasteiger partial charge >= 0.3 is 0 Å². The highest BCUT2D eigenvalue weighted by Gasteiger charge is 2.22. The van der Waals surface area contributed by atoms with Crippen LogP contribution >= 0.6 is 12.4 Å². The molecule has 0 aliphatic carbocycles. The highest BCUT2D eigenvalue weighted by Crippen LogP contribution is 2.33. The van der Waals surface area contributed by atoms with E-state index in [9.17, 15) is 0 Å². The predicted molar refractivity (Wildman–Crippen MR) is 109 cm³/mol. The van der Waals surface area contributed by atoms with Gasteiger partial charge in [-0.25, -0.2) is 0 Å².